The summed E-state index contributed by atoms with van der Waals surface area (Å²) >= 11 is 0. The van der Waals surface area contributed by atoms with Crippen LogP contribution < -0.4 is 5.56 Å². The van der Waals surface area contributed by atoms with Crippen LogP contribution in [0, 0.1) is 5.82 Å². The van der Waals surface area contributed by atoms with Gasteiger partial charge in [-0.15, -0.1) is 0 Å². The highest BCUT2D eigenvalue weighted by Crippen LogP contribution is 2.27. The molecule has 0 aliphatic heterocycles. The van der Waals surface area contributed by atoms with E-state index in [0.29, 0.717) is 5.69 Å². The van der Waals surface area contributed by atoms with Crippen LogP contribution in [0.5, 0.6) is 0 Å². The van der Waals surface area contributed by atoms with Crippen LogP contribution in [0.1, 0.15) is 19.4 Å². The molecule has 0 spiro atoms. The summed E-state index contributed by atoms with van der Waals surface area (Å²) in [6.45, 7) is 4.08. The van der Waals surface area contributed by atoms with Crippen LogP contribution in [0.3, 0.4) is 0 Å². The molecule has 5 nitrogen and oxygen atoms in total. The summed E-state index contributed by atoms with van der Waals surface area (Å²) in [6.07, 6.45) is 2.95. The number of rotatable bonds is 5. The Hall–Kier alpha value is -2.44. The van der Waals surface area contributed by atoms with Crippen LogP contribution in [0.15, 0.2) is 47.5 Å². The van der Waals surface area contributed by atoms with Crippen LogP contribution in [-0.2, 0) is 10.3 Å². The Morgan fingerprint density at radius 3 is 2.62 bits per heavy atom. The van der Waals surface area contributed by atoms with E-state index in [1.54, 1.807) is 6.20 Å². The molecule has 3 aromatic rings. The first-order valence-electron chi connectivity index (χ1n) is 7.67. The number of hydrogen-bond acceptors (Lipinski definition) is 3. The fourth-order valence-electron chi connectivity index (χ4n) is 2.67. The Morgan fingerprint density at radius 2 is 1.96 bits per heavy atom. The maximum atomic E-state index is 13.3. The van der Waals surface area contributed by atoms with Gasteiger partial charge in [0, 0.05) is 18.5 Å². The van der Waals surface area contributed by atoms with Gasteiger partial charge in [-0.05, 0) is 25.0 Å². The van der Waals surface area contributed by atoms with Crippen LogP contribution >= 0.6 is 0 Å². The van der Waals surface area contributed by atoms with Gasteiger partial charge in [0.1, 0.15) is 11.3 Å². The quantitative estimate of drug-likeness (QED) is 0.756. The zero-order valence-corrected chi connectivity index (χ0v) is 13.5. The molecule has 3 rings (SSSR count). The summed E-state index contributed by atoms with van der Waals surface area (Å²) in [5, 5.41) is 8.90. The molecule has 0 atom stereocenters. The largest absolute Gasteiger partial charge is 0.394 e. The zero-order chi connectivity index (χ0) is 17.3. The lowest BCUT2D eigenvalue weighted by molar-refractivity contribution is -0.0369. The van der Waals surface area contributed by atoms with E-state index in [9.17, 15) is 9.18 Å². The first kappa shape index (κ1) is 16.4. The Bertz CT molecular complexity index is 910. The third kappa shape index (κ3) is 3.11. The molecule has 0 bridgehead atoms. The predicted molar refractivity (Wildman–Crippen MR) is 89.5 cm³/mol. The van der Waals surface area contributed by atoms with E-state index >= 15 is 0 Å². The fraction of sp³-hybridized carbons (Fsp3) is 0.278. The van der Waals surface area contributed by atoms with Crippen molar-refractivity contribution in [3.8, 4) is 11.3 Å². The second kappa shape index (κ2) is 6.22. The van der Waals surface area contributed by atoms with Crippen LogP contribution in [0.25, 0.3) is 16.8 Å². The van der Waals surface area contributed by atoms with Gasteiger partial charge in [-0.25, -0.2) is 4.39 Å². The standard InChI is InChI=1S/C18H19FN2O3/c1-18(2,24-8-7-22)13-5-3-12(4-6-13)15-11-21-10-14(19)9-16(21)17(23)20-15/h3-6,9-11,22H,7-8H2,1-2H3,(H,20,23). The SMILES string of the molecule is CC(C)(OCCO)c1ccc(-c2cn3cc(F)cc3c(=O)[nH]2)cc1. The van der Waals surface area contributed by atoms with Gasteiger partial charge in [0.15, 0.2) is 0 Å². The molecule has 24 heavy (non-hydrogen) atoms. The van der Waals surface area contributed by atoms with Crippen molar-refractivity contribution in [3.05, 3.63) is 64.5 Å². The molecule has 0 saturated heterocycles. The van der Waals surface area contributed by atoms with E-state index in [4.69, 9.17) is 9.84 Å². The molecule has 0 fully saturated rings. The van der Waals surface area contributed by atoms with E-state index in [1.807, 2.05) is 38.1 Å². The summed E-state index contributed by atoms with van der Waals surface area (Å²) in [6, 6.07) is 8.76. The van der Waals surface area contributed by atoms with Crippen molar-refractivity contribution in [2.45, 2.75) is 19.4 Å². The number of H-pyrrole nitrogens is 1. The first-order chi connectivity index (χ1) is 11.4. The highest BCUT2D eigenvalue weighted by molar-refractivity contribution is 5.61. The van der Waals surface area contributed by atoms with Gasteiger partial charge in [0.05, 0.1) is 24.5 Å². The zero-order valence-electron chi connectivity index (χ0n) is 13.5. The molecule has 0 unspecified atom stereocenters. The van der Waals surface area contributed by atoms with Crippen molar-refractivity contribution >= 4 is 5.52 Å². The average Bonchev–Trinajstić information content (AvgIpc) is 2.94. The van der Waals surface area contributed by atoms with Gasteiger partial charge in [-0.1, -0.05) is 24.3 Å². The average molecular weight is 330 g/mol. The maximum absolute atomic E-state index is 13.3. The lowest BCUT2D eigenvalue weighted by Gasteiger charge is -2.25. The molecule has 2 N–H and O–H groups in total. The minimum Gasteiger partial charge on any atom is -0.394 e. The van der Waals surface area contributed by atoms with Gasteiger partial charge < -0.3 is 19.2 Å². The summed E-state index contributed by atoms with van der Waals surface area (Å²) in [4.78, 5) is 14.8. The van der Waals surface area contributed by atoms with Crippen molar-refractivity contribution in [3.63, 3.8) is 0 Å². The summed E-state index contributed by atoms with van der Waals surface area (Å²) in [5.41, 5.74) is 1.77. The van der Waals surface area contributed by atoms with Crippen LogP contribution in [0.4, 0.5) is 4.39 Å². The number of ether oxygens (including phenoxy) is 1. The molecule has 0 radical (unpaired) electrons. The number of benzene rings is 1. The molecule has 126 valence electrons. The molecule has 0 saturated carbocycles. The molecule has 0 amide bonds. The van der Waals surface area contributed by atoms with E-state index in [-0.39, 0.29) is 24.3 Å². The van der Waals surface area contributed by atoms with Gasteiger partial charge >= 0.3 is 0 Å². The molecule has 0 aliphatic carbocycles. The third-order valence-electron chi connectivity index (χ3n) is 4.01. The number of halogens is 1. The summed E-state index contributed by atoms with van der Waals surface area (Å²) in [7, 11) is 0. The Kier molecular flexibility index (Phi) is 4.26. The predicted octanol–water partition coefficient (Wildman–Crippen LogP) is 2.68. The van der Waals surface area contributed by atoms with Crippen LogP contribution in [-0.4, -0.2) is 27.7 Å². The minimum absolute atomic E-state index is 0.0316. The van der Waals surface area contributed by atoms with Crippen molar-refractivity contribution in [2.24, 2.45) is 0 Å². The molecule has 6 heteroatoms. The van der Waals surface area contributed by atoms with E-state index in [1.165, 1.54) is 16.7 Å². The Morgan fingerprint density at radius 1 is 1.25 bits per heavy atom. The minimum atomic E-state index is -0.526. The lowest BCUT2D eigenvalue weighted by atomic mass is 9.96. The van der Waals surface area contributed by atoms with E-state index < -0.39 is 11.4 Å². The molecular weight excluding hydrogens is 311 g/mol. The lowest BCUT2D eigenvalue weighted by Crippen LogP contribution is -2.23. The number of aromatic nitrogens is 2. The van der Waals surface area contributed by atoms with Gasteiger partial charge in [0.2, 0.25) is 0 Å². The van der Waals surface area contributed by atoms with Crippen LogP contribution in [0.2, 0.25) is 0 Å². The number of aliphatic hydroxyl groups excluding tert-OH is 1. The second-order valence-corrected chi connectivity index (χ2v) is 6.11. The van der Waals surface area contributed by atoms with Gasteiger partial charge in [0.25, 0.3) is 5.56 Å². The smallest absolute Gasteiger partial charge is 0.272 e. The molecule has 2 aromatic heterocycles. The summed E-state index contributed by atoms with van der Waals surface area (Å²) < 4.78 is 20.4. The number of aromatic amines is 1. The molecule has 2 heterocycles. The topological polar surface area (TPSA) is 66.7 Å². The highest BCUT2D eigenvalue weighted by atomic mass is 19.1. The number of nitrogens with one attached hydrogen (secondary N) is 1. The fourth-order valence-corrected chi connectivity index (χ4v) is 2.67. The number of hydrogen-bond donors (Lipinski definition) is 2. The van der Waals surface area contributed by atoms with Crippen molar-refractivity contribution in [1.29, 1.82) is 0 Å². The monoisotopic (exact) mass is 330 g/mol. The highest BCUT2D eigenvalue weighted by Gasteiger charge is 2.20. The number of nitrogens with zero attached hydrogens (tertiary/aromatic N) is 1. The normalized spacial score (nSPS) is 12.0. The molecular formula is C18H19FN2O3. The van der Waals surface area contributed by atoms with Crippen molar-refractivity contribution < 1.29 is 14.2 Å². The Balaban J connectivity index is 1.95. The molecule has 1 aromatic carbocycles. The maximum Gasteiger partial charge on any atom is 0.272 e. The van der Waals surface area contributed by atoms with Gasteiger partial charge in [-0.2, -0.15) is 0 Å². The summed E-state index contributed by atoms with van der Waals surface area (Å²) in [5.74, 6) is -0.448. The van der Waals surface area contributed by atoms with Crippen molar-refractivity contribution in [1.82, 2.24) is 9.38 Å². The van der Waals surface area contributed by atoms with E-state index in [0.717, 1.165) is 11.1 Å². The first-order valence-corrected chi connectivity index (χ1v) is 7.67. The molecule has 0 aliphatic rings. The second-order valence-electron chi connectivity index (χ2n) is 6.11. The van der Waals surface area contributed by atoms with Gasteiger partial charge in [-0.3, -0.25) is 4.79 Å². The van der Waals surface area contributed by atoms with Crippen molar-refractivity contribution in [2.75, 3.05) is 13.2 Å². The Labute approximate surface area is 138 Å². The number of fused-ring (bicyclic) bond motifs is 1. The van der Waals surface area contributed by atoms with E-state index in [2.05, 4.69) is 4.98 Å². The number of aliphatic hydroxyl groups is 1. The third-order valence-corrected chi connectivity index (χ3v) is 4.01.